The Balaban J connectivity index is 1.39. The van der Waals surface area contributed by atoms with Crippen LogP contribution in [0, 0.1) is 19.8 Å². The molecule has 5 nitrogen and oxygen atoms in total. The molecule has 0 saturated carbocycles. The lowest BCUT2D eigenvalue weighted by molar-refractivity contribution is -0.137. The Morgan fingerprint density at radius 1 is 1.07 bits per heavy atom. The molecule has 0 N–H and O–H groups in total. The van der Waals surface area contributed by atoms with Gasteiger partial charge in [-0.2, -0.15) is 0 Å². The van der Waals surface area contributed by atoms with E-state index in [2.05, 4.69) is 36.9 Å². The SMILES string of the molecule is COc1ccc2c(c1)C[C@H](C(=O)N1CCN(c3cc(C)ccc3C)CC1)CO2. The summed E-state index contributed by atoms with van der Waals surface area (Å²) in [5.74, 6) is 1.75. The zero-order valence-electron chi connectivity index (χ0n) is 16.9. The van der Waals surface area contributed by atoms with Crippen LogP contribution in [0.2, 0.25) is 0 Å². The van der Waals surface area contributed by atoms with Crippen LogP contribution >= 0.6 is 0 Å². The van der Waals surface area contributed by atoms with E-state index in [4.69, 9.17) is 9.47 Å². The van der Waals surface area contributed by atoms with Crippen LogP contribution in [-0.2, 0) is 11.2 Å². The number of carbonyl (C=O) groups is 1. The van der Waals surface area contributed by atoms with Crippen LogP contribution in [0.4, 0.5) is 5.69 Å². The number of benzene rings is 2. The molecule has 4 rings (SSSR count). The number of ether oxygens (including phenoxy) is 2. The smallest absolute Gasteiger partial charge is 0.229 e. The molecule has 28 heavy (non-hydrogen) atoms. The maximum Gasteiger partial charge on any atom is 0.229 e. The molecule has 2 aliphatic heterocycles. The Morgan fingerprint density at radius 2 is 1.86 bits per heavy atom. The summed E-state index contributed by atoms with van der Waals surface area (Å²) in [5.41, 5.74) is 4.90. The number of methoxy groups -OCH3 is 1. The number of piperazine rings is 1. The van der Waals surface area contributed by atoms with Crippen molar-refractivity contribution in [2.45, 2.75) is 20.3 Å². The van der Waals surface area contributed by atoms with Crippen LogP contribution < -0.4 is 14.4 Å². The zero-order chi connectivity index (χ0) is 19.7. The molecule has 0 spiro atoms. The number of hydrogen-bond donors (Lipinski definition) is 0. The minimum absolute atomic E-state index is 0.119. The second kappa shape index (κ2) is 7.74. The average molecular weight is 380 g/mol. The van der Waals surface area contributed by atoms with Crippen LogP contribution in [-0.4, -0.2) is 50.7 Å². The molecule has 1 saturated heterocycles. The molecule has 2 heterocycles. The summed E-state index contributed by atoms with van der Waals surface area (Å²) in [5, 5.41) is 0. The summed E-state index contributed by atoms with van der Waals surface area (Å²) in [6, 6.07) is 12.4. The Morgan fingerprint density at radius 3 is 2.61 bits per heavy atom. The lowest BCUT2D eigenvalue weighted by atomic mass is 9.95. The van der Waals surface area contributed by atoms with E-state index in [-0.39, 0.29) is 11.8 Å². The molecule has 0 aromatic heterocycles. The van der Waals surface area contributed by atoms with E-state index in [9.17, 15) is 4.79 Å². The predicted octanol–water partition coefficient (Wildman–Crippen LogP) is 3.21. The number of carbonyl (C=O) groups excluding carboxylic acids is 1. The van der Waals surface area contributed by atoms with Crippen molar-refractivity contribution in [2.75, 3.05) is 44.8 Å². The molecule has 1 amide bonds. The Bertz CT molecular complexity index is 872. The highest BCUT2D eigenvalue weighted by molar-refractivity contribution is 5.80. The third-order valence-electron chi connectivity index (χ3n) is 5.82. The van der Waals surface area contributed by atoms with Crippen molar-refractivity contribution in [3.05, 3.63) is 53.1 Å². The molecule has 5 heteroatoms. The second-order valence-corrected chi connectivity index (χ2v) is 7.79. The summed E-state index contributed by atoms with van der Waals surface area (Å²) in [7, 11) is 1.66. The van der Waals surface area contributed by atoms with Crippen LogP contribution in [0.25, 0.3) is 0 Å². The molecule has 0 unspecified atom stereocenters. The largest absolute Gasteiger partial charge is 0.497 e. The highest BCUT2D eigenvalue weighted by Crippen LogP contribution is 2.31. The lowest BCUT2D eigenvalue weighted by Gasteiger charge is -2.39. The van der Waals surface area contributed by atoms with Crippen molar-refractivity contribution in [1.29, 1.82) is 0 Å². The second-order valence-electron chi connectivity index (χ2n) is 7.79. The number of anilines is 1. The van der Waals surface area contributed by atoms with E-state index in [0.717, 1.165) is 43.2 Å². The minimum Gasteiger partial charge on any atom is -0.497 e. The highest BCUT2D eigenvalue weighted by Gasteiger charge is 2.31. The first-order valence-corrected chi connectivity index (χ1v) is 9.96. The van der Waals surface area contributed by atoms with Gasteiger partial charge in [-0.15, -0.1) is 0 Å². The molecule has 2 aliphatic rings. The molecular formula is C23H28N2O3. The molecule has 0 radical (unpaired) electrons. The van der Waals surface area contributed by atoms with Gasteiger partial charge in [-0.05, 0) is 61.2 Å². The topological polar surface area (TPSA) is 42.0 Å². The highest BCUT2D eigenvalue weighted by atomic mass is 16.5. The lowest BCUT2D eigenvalue weighted by Crippen LogP contribution is -2.51. The van der Waals surface area contributed by atoms with E-state index < -0.39 is 0 Å². The van der Waals surface area contributed by atoms with Crippen LogP contribution in [0.5, 0.6) is 11.5 Å². The van der Waals surface area contributed by atoms with Gasteiger partial charge in [-0.25, -0.2) is 0 Å². The van der Waals surface area contributed by atoms with Gasteiger partial charge in [-0.3, -0.25) is 4.79 Å². The molecule has 2 aromatic rings. The molecule has 1 atom stereocenters. The fourth-order valence-electron chi connectivity index (χ4n) is 4.14. The van der Waals surface area contributed by atoms with Crippen LogP contribution in [0.3, 0.4) is 0 Å². The van der Waals surface area contributed by atoms with Crippen LogP contribution in [0.1, 0.15) is 16.7 Å². The molecule has 0 aliphatic carbocycles. The number of nitrogens with zero attached hydrogens (tertiary/aromatic N) is 2. The Hall–Kier alpha value is -2.69. The van der Waals surface area contributed by atoms with Gasteiger partial charge < -0.3 is 19.3 Å². The van der Waals surface area contributed by atoms with Crippen molar-refractivity contribution in [3.63, 3.8) is 0 Å². The summed E-state index contributed by atoms with van der Waals surface area (Å²) >= 11 is 0. The third kappa shape index (κ3) is 3.66. The Kier molecular flexibility index (Phi) is 5.16. The van der Waals surface area contributed by atoms with Gasteiger partial charge in [-0.1, -0.05) is 12.1 Å². The number of fused-ring (bicyclic) bond motifs is 1. The van der Waals surface area contributed by atoms with Gasteiger partial charge in [0.15, 0.2) is 0 Å². The summed E-state index contributed by atoms with van der Waals surface area (Å²) in [6.07, 6.45) is 0.711. The average Bonchev–Trinajstić information content (AvgIpc) is 2.74. The summed E-state index contributed by atoms with van der Waals surface area (Å²) in [6.45, 7) is 7.98. The standard InChI is InChI=1S/C23H28N2O3/c1-16-4-5-17(2)21(12-16)24-8-10-25(11-9-24)23(26)19-13-18-14-20(27-3)6-7-22(18)28-15-19/h4-7,12,14,19H,8-11,13,15H2,1-3H3/t19-/m0/s1. The maximum atomic E-state index is 13.1. The van der Waals surface area contributed by atoms with E-state index in [0.29, 0.717) is 13.0 Å². The fraction of sp³-hybridized carbons (Fsp3) is 0.435. The first-order chi connectivity index (χ1) is 13.5. The molecular weight excluding hydrogens is 352 g/mol. The third-order valence-corrected chi connectivity index (χ3v) is 5.82. The number of aryl methyl sites for hydroxylation is 2. The van der Waals surface area contributed by atoms with Crippen molar-refractivity contribution in [1.82, 2.24) is 4.90 Å². The first kappa shape index (κ1) is 18.7. The van der Waals surface area contributed by atoms with E-state index >= 15 is 0 Å². The van der Waals surface area contributed by atoms with Gasteiger partial charge in [0.05, 0.1) is 13.0 Å². The van der Waals surface area contributed by atoms with Gasteiger partial charge >= 0.3 is 0 Å². The van der Waals surface area contributed by atoms with Gasteiger partial charge in [0.2, 0.25) is 5.91 Å². The summed E-state index contributed by atoms with van der Waals surface area (Å²) in [4.78, 5) is 17.5. The van der Waals surface area contributed by atoms with Gasteiger partial charge in [0, 0.05) is 31.9 Å². The fourth-order valence-corrected chi connectivity index (χ4v) is 4.14. The number of hydrogen-bond acceptors (Lipinski definition) is 4. The Labute approximate surface area is 166 Å². The molecule has 148 valence electrons. The quantitative estimate of drug-likeness (QED) is 0.820. The number of amides is 1. The van der Waals surface area contributed by atoms with E-state index in [1.54, 1.807) is 7.11 Å². The summed E-state index contributed by atoms with van der Waals surface area (Å²) < 4.78 is 11.2. The van der Waals surface area contributed by atoms with Crippen molar-refractivity contribution < 1.29 is 14.3 Å². The van der Waals surface area contributed by atoms with Gasteiger partial charge in [0.25, 0.3) is 0 Å². The van der Waals surface area contributed by atoms with Gasteiger partial charge in [0.1, 0.15) is 18.1 Å². The van der Waals surface area contributed by atoms with Crippen molar-refractivity contribution in [2.24, 2.45) is 5.92 Å². The zero-order valence-corrected chi connectivity index (χ0v) is 16.9. The molecule has 1 fully saturated rings. The monoisotopic (exact) mass is 380 g/mol. The molecule has 2 aromatic carbocycles. The van der Waals surface area contributed by atoms with E-state index in [1.807, 2.05) is 23.1 Å². The minimum atomic E-state index is -0.119. The normalized spacial score (nSPS) is 19.0. The van der Waals surface area contributed by atoms with Crippen molar-refractivity contribution >= 4 is 11.6 Å². The van der Waals surface area contributed by atoms with Crippen LogP contribution in [0.15, 0.2) is 36.4 Å². The van der Waals surface area contributed by atoms with Crippen molar-refractivity contribution in [3.8, 4) is 11.5 Å². The maximum absolute atomic E-state index is 13.1. The number of rotatable bonds is 3. The first-order valence-electron chi connectivity index (χ1n) is 9.96. The molecule has 0 bridgehead atoms. The predicted molar refractivity (Wildman–Crippen MR) is 110 cm³/mol. The van der Waals surface area contributed by atoms with E-state index in [1.165, 1.54) is 16.8 Å².